The molecule has 0 saturated carbocycles. The molecular formula is C22H20ClN7O2. The van der Waals surface area contributed by atoms with Crippen LogP contribution in [0.25, 0.3) is 22.4 Å². The number of nitrogens with zero attached hydrogens (tertiary/aromatic N) is 5. The summed E-state index contributed by atoms with van der Waals surface area (Å²) in [6.45, 7) is 1.75. The van der Waals surface area contributed by atoms with Crippen LogP contribution in [0.2, 0.25) is 5.02 Å². The van der Waals surface area contributed by atoms with Gasteiger partial charge in [-0.05, 0) is 43.2 Å². The third-order valence-electron chi connectivity index (χ3n) is 5.99. The topological polar surface area (TPSA) is 101 Å². The molecule has 4 aromatic rings. The molecule has 1 fully saturated rings. The average molecular weight is 450 g/mol. The smallest absolute Gasteiger partial charge is 0.327 e. The summed E-state index contributed by atoms with van der Waals surface area (Å²) < 4.78 is 7.26. The number of H-pyrrole nitrogens is 1. The predicted octanol–water partition coefficient (Wildman–Crippen LogP) is 3.71. The highest BCUT2D eigenvalue weighted by molar-refractivity contribution is 6.31. The molecule has 32 heavy (non-hydrogen) atoms. The summed E-state index contributed by atoms with van der Waals surface area (Å²) in [7, 11) is 0. The predicted molar refractivity (Wildman–Crippen MR) is 123 cm³/mol. The molecule has 6 rings (SSSR count). The molecule has 162 valence electrons. The van der Waals surface area contributed by atoms with Crippen molar-refractivity contribution in [2.75, 3.05) is 30.1 Å². The van der Waals surface area contributed by atoms with E-state index in [2.05, 4.69) is 15.3 Å². The van der Waals surface area contributed by atoms with Crippen molar-refractivity contribution < 1.29 is 4.74 Å². The number of imidazole rings is 1. The lowest BCUT2D eigenvalue weighted by atomic mass is 10.1. The van der Waals surface area contributed by atoms with Gasteiger partial charge in [-0.15, -0.1) is 0 Å². The Kier molecular flexibility index (Phi) is 4.58. The monoisotopic (exact) mass is 449 g/mol. The minimum Gasteiger partial charge on any atom is -0.381 e. The molecule has 2 aliphatic heterocycles. The first-order valence-corrected chi connectivity index (χ1v) is 10.9. The van der Waals surface area contributed by atoms with E-state index in [9.17, 15) is 4.79 Å². The van der Waals surface area contributed by atoms with Gasteiger partial charge in [0.1, 0.15) is 11.2 Å². The zero-order valence-corrected chi connectivity index (χ0v) is 17.8. The number of aromatic amines is 1. The van der Waals surface area contributed by atoms with E-state index in [-0.39, 0.29) is 11.7 Å². The van der Waals surface area contributed by atoms with Crippen molar-refractivity contribution in [3.05, 3.63) is 58.2 Å². The van der Waals surface area contributed by atoms with Gasteiger partial charge in [-0.3, -0.25) is 14.5 Å². The summed E-state index contributed by atoms with van der Waals surface area (Å²) in [4.78, 5) is 31.9. The van der Waals surface area contributed by atoms with Crippen molar-refractivity contribution in [1.82, 2.24) is 24.5 Å². The highest BCUT2D eigenvalue weighted by Gasteiger charge is 2.28. The summed E-state index contributed by atoms with van der Waals surface area (Å²) in [6.07, 6.45) is 4.95. The third-order valence-corrected chi connectivity index (χ3v) is 6.22. The van der Waals surface area contributed by atoms with Gasteiger partial charge in [0, 0.05) is 42.2 Å². The van der Waals surface area contributed by atoms with E-state index in [0.29, 0.717) is 47.7 Å². The SMILES string of the molecule is O=c1[nH]c2c(-c3ccncc3)nc(N3CNc4ccc(Cl)cc43)nc2n1C1CCOCC1. The number of hydrogen-bond donors (Lipinski definition) is 2. The number of nitrogens with one attached hydrogen (secondary N) is 2. The van der Waals surface area contributed by atoms with Crippen molar-refractivity contribution in [3.8, 4) is 11.3 Å². The fraction of sp³-hybridized carbons (Fsp3) is 0.273. The van der Waals surface area contributed by atoms with Crippen LogP contribution in [0.4, 0.5) is 17.3 Å². The molecule has 2 N–H and O–H groups in total. The van der Waals surface area contributed by atoms with Gasteiger partial charge in [-0.25, -0.2) is 9.78 Å². The van der Waals surface area contributed by atoms with Gasteiger partial charge in [0.25, 0.3) is 0 Å². The Labute approximate surface area is 188 Å². The van der Waals surface area contributed by atoms with Gasteiger partial charge in [0.2, 0.25) is 5.95 Å². The van der Waals surface area contributed by atoms with Gasteiger partial charge in [0.05, 0.1) is 18.0 Å². The summed E-state index contributed by atoms with van der Waals surface area (Å²) in [5.41, 5.74) is 4.39. The molecule has 0 unspecified atom stereocenters. The molecular weight excluding hydrogens is 430 g/mol. The van der Waals surface area contributed by atoms with Crippen molar-refractivity contribution in [1.29, 1.82) is 0 Å². The Morgan fingerprint density at radius 3 is 2.72 bits per heavy atom. The van der Waals surface area contributed by atoms with Crippen LogP contribution in [0.3, 0.4) is 0 Å². The Morgan fingerprint density at radius 1 is 1.09 bits per heavy atom. The molecule has 0 bridgehead atoms. The van der Waals surface area contributed by atoms with Gasteiger partial charge >= 0.3 is 5.69 Å². The average Bonchev–Trinajstić information content (AvgIpc) is 3.39. The third kappa shape index (κ3) is 3.12. The van der Waals surface area contributed by atoms with E-state index in [1.54, 1.807) is 17.0 Å². The molecule has 0 amide bonds. The summed E-state index contributed by atoms with van der Waals surface area (Å²) in [5.74, 6) is 0.498. The lowest BCUT2D eigenvalue weighted by Gasteiger charge is -2.23. The fourth-order valence-electron chi connectivity index (χ4n) is 4.42. The minimum absolute atomic E-state index is 0.0245. The maximum atomic E-state index is 13.0. The molecule has 0 aliphatic carbocycles. The van der Waals surface area contributed by atoms with Crippen LogP contribution in [-0.4, -0.2) is 44.4 Å². The van der Waals surface area contributed by atoms with Crippen LogP contribution < -0.4 is 15.9 Å². The zero-order valence-electron chi connectivity index (χ0n) is 17.1. The zero-order chi connectivity index (χ0) is 21.7. The molecule has 0 radical (unpaired) electrons. The molecule has 3 aromatic heterocycles. The van der Waals surface area contributed by atoms with Gasteiger partial charge in [-0.2, -0.15) is 4.98 Å². The number of hydrogen-bond acceptors (Lipinski definition) is 7. The minimum atomic E-state index is -0.184. The second-order valence-electron chi connectivity index (χ2n) is 7.87. The molecule has 0 spiro atoms. The van der Waals surface area contributed by atoms with Crippen molar-refractivity contribution in [3.63, 3.8) is 0 Å². The van der Waals surface area contributed by atoms with Gasteiger partial charge in [-0.1, -0.05) is 11.6 Å². The number of fused-ring (bicyclic) bond motifs is 2. The lowest BCUT2D eigenvalue weighted by Crippen LogP contribution is -2.28. The second-order valence-corrected chi connectivity index (χ2v) is 8.31. The number of halogens is 1. The second kappa shape index (κ2) is 7.61. The van der Waals surface area contributed by atoms with E-state index >= 15 is 0 Å². The van der Waals surface area contributed by atoms with E-state index in [1.807, 2.05) is 35.2 Å². The van der Waals surface area contributed by atoms with Crippen molar-refractivity contribution >= 4 is 40.1 Å². The summed E-state index contributed by atoms with van der Waals surface area (Å²) in [5, 5.41) is 3.98. The first kappa shape index (κ1) is 19.3. The molecule has 0 atom stereocenters. The van der Waals surface area contributed by atoms with Crippen LogP contribution in [0.15, 0.2) is 47.5 Å². The van der Waals surface area contributed by atoms with Crippen LogP contribution in [-0.2, 0) is 4.74 Å². The largest absolute Gasteiger partial charge is 0.381 e. The molecule has 9 nitrogen and oxygen atoms in total. The molecule has 1 aromatic carbocycles. The van der Waals surface area contributed by atoms with Crippen LogP contribution >= 0.6 is 11.6 Å². The molecule has 10 heteroatoms. The van der Waals surface area contributed by atoms with Crippen LogP contribution in [0.5, 0.6) is 0 Å². The summed E-state index contributed by atoms with van der Waals surface area (Å²) >= 11 is 6.26. The Morgan fingerprint density at radius 2 is 1.91 bits per heavy atom. The Bertz CT molecular complexity index is 1360. The Balaban J connectivity index is 1.59. The Hall–Kier alpha value is -3.43. The van der Waals surface area contributed by atoms with Crippen molar-refractivity contribution in [2.24, 2.45) is 0 Å². The molecule has 1 saturated heterocycles. The lowest BCUT2D eigenvalue weighted by molar-refractivity contribution is 0.0697. The first-order chi connectivity index (χ1) is 15.7. The number of aromatic nitrogens is 5. The standard InChI is InChI=1S/C22H20ClN7O2/c23-14-1-2-16-17(11-14)29(12-25-16)21-26-18(13-3-7-24-8-4-13)19-20(28-21)30(22(31)27-19)15-5-9-32-10-6-15/h1-4,7-8,11,15,25H,5-6,9-10,12H2,(H,27,31). The quantitative estimate of drug-likeness (QED) is 0.491. The van der Waals surface area contributed by atoms with Crippen LogP contribution in [0.1, 0.15) is 18.9 Å². The van der Waals surface area contributed by atoms with E-state index < -0.39 is 0 Å². The highest BCUT2D eigenvalue weighted by Crippen LogP contribution is 2.39. The van der Waals surface area contributed by atoms with E-state index in [1.165, 1.54) is 0 Å². The first-order valence-electron chi connectivity index (χ1n) is 10.5. The highest BCUT2D eigenvalue weighted by atomic mass is 35.5. The number of anilines is 3. The number of pyridine rings is 1. The number of benzene rings is 1. The van der Waals surface area contributed by atoms with Gasteiger partial charge < -0.3 is 15.0 Å². The number of ether oxygens (including phenoxy) is 1. The number of rotatable bonds is 3. The van der Waals surface area contributed by atoms with E-state index in [0.717, 1.165) is 29.8 Å². The molecule has 5 heterocycles. The fourth-order valence-corrected chi connectivity index (χ4v) is 4.58. The van der Waals surface area contributed by atoms with Crippen molar-refractivity contribution in [2.45, 2.75) is 18.9 Å². The molecule has 2 aliphatic rings. The normalized spacial score (nSPS) is 16.3. The van der Waals surface area contributed by atoms with Crippen LogP contribution in [0, 0.1) is 0 Å². The maximum absolute atomic E-state index is 13.0. The maximum Gasteiger partial charge on any atom is 0.327 e. The van der Waals surface area contributed by atoms with E-state index in [4.69, 9.17) is 26.3 Å². The summed E-state index contributed by atoms with van der Waals surface area (Å²) in [6, 6.07) is 9.45. The van der Waals surface area contributed by atoms with Gasteiger partial charge in [0.15, 0.2) is 5.65 Å².